The minimum absolute atomic E-state index is 0.00878. The molecule has 1 aliphatic heterocycles. The second-order valence-corrected chi connectivity index (χ2v) is 10.2. The fraction of sp³-hybridized carbons (Fsp3) is 0.417. The lowest BCUT2D eigenvalue weighted by Gasteiger charge is -2.39. The van der Waals surface area contributed by atoms with Gasteiger partial charge in [-0.3, -0.25) is 9.63 Å². The van der Waals surface area contributed by atoms with Crippen LogP contribution in [-0.2, 0) is 32.0 Å². The quantitative estimate of drug-likeness (QED) is 0.601. The van der Waals surface area contributed by atoms with Crippen LogP contribution in [0.5, 0.6) is 5.75 Å². The normalized spacial score (nSPS) is 17.6. The Morgan fingerprint density at radius 1 is 1.06 bits per heavy atom. The van der Waals surface area contributed by atoms with Gasteiger partial charge in [0.1, 0.15) is 29.4 Å². The van der Waals surface area contributed by atoms with Crippen LogP contribution in [0.2, 0.25) is 0 Å². The second kappa shape index (κ2) is 11.5. The molecule has 0 bridgehead atoms. The predicted octanol–water partition coefficient (Wildman–Crippen LogP) is 2.89. The van der Waals surface area contributed by atoms with E-state index in [1.807, 2.05) is 30.3 Å². The maximum Gasteiger partial charge on any atom is 0.410 e. The monoisotopic (exact) mass is 489 g/mol. The van der Waals surface area contributed by atoms with Crippen LogP contribution in [-0.4, -0.2) is 63.8 Å². The van der Waals surface area contributed by atoms with E-state index < -0.39 is 34.6 Å². The van der Waals surface area contributed by atoms with E-state index in [9.17, 15) is 13.8 Å². The molecule has 0 radical (unpaired) electrons. The molecule has 10 heteroatoms. The molecule has 184 valence electrons. The SMILES string of the molecule is COc1ccc(S(=O)N2CCN(C(=O)OCc3ccccc3)CC2C(=O)NOC(C)(C)C)cc1. The number of piperazine rings is 1. The highest BCUT2D eigenvalue weighted by atomic mass is 32.2. The highest BCUT2D eigenvalue weighted by Crippen LogP contribution is 2.22. The molecule has 34 heavy (non-hydrogen) atoms. The Labute approximate surface area is 202 Å². The zero-order valence-electron chi connectivity index (χ0n) is 19.9. The molecule has 0 aromatic heterocycles. The van der Waals surface area contributed by atoms with Gasteiger partial charge in [-0.15, -0.1) is 0 Å². The van der Waals surface area contributed by atoms with Gasteiger partial charge in [0.05, 0.1) is 17.6 Å². The maximum absolute atomic E-state index is 13.3. The van der Waals surface area contributed by atoms with Crippen LogP contribution in [0.3, 0.4) is 0 Å². The Bertz CT molecular complexity index is 994. The largest absolute Gasteiger partial charge is 0.497 e. The molecule has 2 aromatic rings. The maximum atomic E-state index is 13.3. The van der Waals surface area contributed by atoms with E-state index in [0.29, 0.717) is 10.6 Å². The first-order valence-electron chi connectivity index (χ1n) is 10.9. The van der Waals surface area contributed by atoms with Crippen molar-refractivity contribution >= 4 is 23.0 Å². The Morgan fingerprint density at radius 2 is 1.74 bits per heavy atom. The zero-order chi connectivity index (χ0) is 24.7. The van der Waals surface area contributed by atoms with Crippen molar-refractivity contribution in [2.24, 2.45) is 0 Å². The van der Waals surface area contributed by atoms with Crippen LogP contribution in [0.4, 0.5) is 4.79 Å². The van der Waals surface area contributed by atoms with Gasteiger partial charge in [-0.25, -0.2) is 18.8 Å². The lowest BCUT2D eigenvalue weighted by atomic mass is 10.2. The van der Waals surface area contributed by atoms with Crippen LogP contribution in [0, 0.1) is 0 Å². The molecule has 1 saturated heterocycles. The van der Waals surface area contributed by atoms with Crippen molar-refractivity contribution in [3.05, 3.63) is 60.2 Å². The van der Waals surface area contributed by atoms with E-state index in [1.165, 1.54) is 4.90 Å². The number of rotatable bonds is 7. The van der Waals surface area contributed by atoms with E-state index in [-0.39, 0.29) is 26.2 Å². The number of hydrogen-bond acceptors (Lipinski definition) is 6. The second-order valence-electron chi connectivity index (χ2n) is 8.75. The highest BCUT2D eigenvalue weighted by molar-refractivity contribution is 7.82. The molecule has 0 spiro atoms. The van der Waals surface area contributed by atoms with Crippen LogP contribution >= 0.6 is 0 Å². The average molecular weight is 490 g/mol. The molecule has 1 fully saturated rings. The van der Waals surface area contributed by atoms with Crippen LogP contribution in [0.25, 0.3) is 0 Å². The van der Waals surface area contributed by atoms with Gasteiger partial charge < -0.3 is 14.4 Å². The van der Waals surface area contributed by atoms with Gasteiger partial charge in [0.15, 0.2) is 0 Å². The summed E-state index contributed by atoms with van der Waals surface area (Å²) >= 11 is 0. The number of carbonyl (C=O) groups is 2. The standard InChI is InChI=1S/C24H31N3O6S/c1-24(2,3)33-25-22(28)21-16-26(23(29)32-17-18-8-6-5-7-9-18)14-15-27(21)34(30)20-12-10-19(31-4)11-13-20/h5-13,21H,14-17H2,1-4H3,(H,25,28). The van der Waals surface area contributed by atoms with Crippen LogP contribution < -0.4 is 10.2 Å². The Hall–Kier alpha value is -2.95. The minimum Gasteiger partial charge on any atom is -0.497 e. The number of amides is 2. The molecule has 9 nitrogen and oxygen atoms in total. The van der Waals surface area contributed by atoms with Gasteiger partial charge >= 0.3 is 6.09 Å². The summed E-state index contributed by atoms with van der Waals surface area (Å²) in [5.74, 6) is 0.150. The zero-order valence-corrected chi connectivity index (χ0v) is 20.7. The van der Waals surface area contributed by atoms with Crippen molar-refractivity contribution in [1.82, 2.24) is 14.7 Å². The first-order chi connectivity index (χ1) is 16.2. The first-order valence-corrected chi connectivity index (χ1v) is 12.0. The number of hydroxylamine groups is 1. The lowest BCUT2D eigenvalue weighted by Crippen LogP contribution is -2.60. The summed E-state index contributed by atoms with van der Waals surface area (Å²) in [6, 6.07) is 15.3. The molecule has 2 atom stereocenters. The van der Waals surface area contributed by atoms with E-state index in [4.69, 9.17) is 14.3 Å². The molecular formula is C24H31N3O6S. The number of ether oxygens (including phenoxy) is 2. The van der Waals surface area contributed by atoms with E-state index in [0.717, 1.165) is 5.56 Å². The number of nitrogens with zero attached hydrogens (tertiary/aromatic N) is 2. The van der Waals surface area contributed by atoms with Gasteiger partial charge in [0.2, 0.25) is 0 Å². The number of methoxy groups -OCH3 is 1. The molecule has 3 rings (SSSR count). The fourth-order valence-electron chi connectivity index (χ4n) is 3.25. The first kappa shape index (κ1) is 25.7. The van der Waals surface area contributed by atoms with Gasteiger partial charge in [-0.2, -0.15) is 0 Å². The molecule has 2 aromatic carbocycles. The molecule has 1 heterocycles. The number of nitrogens with one attached hydrogen (secondary N) is 1. The summed E-state index contributed by atoms with van der Waals surface area (Å²) in [5, 5.41) is 0. The van der Waals surface area contributed by atoms with E-state index in [1.54, 1.807) is 56.5 Å². The molecule has 0 saturated carbocycles. The molecular weight excluding hydrogens is 458 g/mol. The van der Waals surface area contributed by atoms with Crippen molar-refractivity contribution in [3.8, 4) is 5.75 Å². The Kier molecular flexibility index (Phi) is 8.65. The van der Waals surface area contributed by atoms with Crippen molar-refractivity contribution in [3.63, 3.8) is 0 Å². The summed E-state index contributed by atoms with van der Waals surface area (Å²) in [4.78, 5) is 33.1. The molecule has 0 aliphatic carbocycles. The molecule has 2 amide bonds. The lowest BCUT2D eigenvalue weighted by molar-refractivity contribution is -0.150. The van der Waals surface area contributed by atoms with Crippen molar-refractivity contribution in [2.75, 3.05) is 26.7 Å². The Balaban J connectivity index is 1.73. The molecule has 1 aliphatic rings. The smallest absolute Gasteiger partial charge is 0.410 e. The van der Waals surface area contributed by atoms with Crippen LogP contribution in [0.15, 0.2) is 59.5 Å². The van der Waals surface area contributed by atoms with Gasteiger partial charge in [-0.05, 0) is 50.6 Å². The molecule has 2 unspecified atom stereocenters. The topological polar surface area (TPSA) is 97.4 Å². The van der Waals surface area contributed by atoms with Gasteiger partial charge in [0, 0.05) is 19.6 Å². The third kappa shape index (κ3) is 7.02. The third-order valence-corrected chi connectivity index (χ3v) is 6.57. The summed E-state index contributed by atoms with van der Waals surface area (Å²) in [5.41, 5.74) is 2.70. The predicted molar refractivity (Wildman–Crippen MR) is 127 cm³/mol. The summed E-state index contributed by atoms with van der Waals surface area (Å²) in [6.07, 6.45) is -0.534. The average Bonchev–Trinajstić information content (AvgIpc) is 2.85. The summed E-state index contributed by atoms with van der Waals surface area (Å²) in [7, 11) is -0.0813. The van der Waals surface area contributed by atoms with E-state index >= 15 is 0 Å². The summed E-state index contributed by atoms with van der Waals surface area (Å²) < 4.78 is 25.5. The van der Waals surface area contributed by atoms with Gasteiger partial charge in [-0.1, -0.05) is 30.3 Å². The molecule has 1 N–H and O–H groups in total. The van der Waals surface area contributed by atoms with Gasteiger partial charge in [0.25, 0.3) is 5.91 Å². The third-order valence-electron chi connectivity index (χ3n) is 5.03. The van der Waals surface area contributed by atoms with Crippen LogP contribution in [0.1, 0.15) is 26.3 Å². The number of hydrogen-bond donors (Lipinski definition) is 1. The minimum atomic E-state index is -1.63. The van der Waals surface area contributed by atoms with Crippen molar-refractivity contribution in [1.29, 1.82) is 0 Å². The fourth-order valence-corrected chi connectivity index (χ4v) is 4.53. The Morgan fingerprint density at radius 3 is 2.35 bits per heavy atom. The van der Waals surface area contributed by atoms with E-state index in [2.05, 4.69) is 5.48 Å². The summed E-state index contributed by atoms with van der Waals surface area (Å²) in [6.45, 7) is 6.01. The van der Waals surface area contributed by atoms with Crippen molar-refractivity contribution in [2.45, 2.75) is 43.9 Å². The highest BCUT2D eigenvalue weighted by Gasteiger charge is 2.39. The number of benzene rings is 2. The number of carbonyl (C=O) groups excluding carboxylic acids is 2. The van der Waals surface area contributed by atoms with Crippen molar-refractivity contribution < 1.29 is 28.1 Å².